The molecule has 1 aliphatic carbocycles. The van der Waals surface area contributed by atoms with Gasteiger partial charge in [-0.05, 0) is 65.5 Å². The summed E-state index contributed by atoms with van der Waals surface area (Å²) in [5, 5.41) is 10.00. The number of benzene rings is 1. The Morgan fingerprint density at radius 1 is 1.29 bits per heavy atom. The van der Waals surface area contributed by atoms with Gasteiger partial charge in [0, 0.05) is 29.8 Å². The van der Waals surface area contributed by atoms with Gasteiger partial charge in [0.25, 0.3) is 0 Å². The minimum atomic E-state index is 0.0302. The number of nitrogens with zero attached hydrogens (tertiary/aromatic N) is 2. The molecular weight excluding hydrogens is 264 g/mol. The first-order valence-electron chi connectivity index (χ1n) is 7.53. The number of phenols is 1. The Hall–Kier alpha value is -1.39. The van der Waals surface area contributed by atoms with E-state index in [4.69, 9.17) is 0 Å². The molecule has 0 radical (unpaired) electrons. The van der Waals surface area contributed by atoms with Crippen LogP contribution in [0, 0.1) is 0 Å². The van der Waals surface area contributed by atoms with Gasteiger partial charge in [0.1, 0.15) is 5.75 Å². The number of carbonyl (C=O) groups excluding carboxylic acids is 1. The summed E-state index contributed by atoms with van der Waals surface area (Å²) in [6.07, 6.45) is 3.74. The van der Waals surface area contributed by atoms with E-state index in [2.05, 4.69) is 30.9 Å². The molecule has 0 atom stereocenters. The van der Waals surface area contributed by atoms with Gasteiger partial charge in [0.2, 0.25) is 0 Å². The molecule has 1 fully saturated rings. The van der Waals surface area contributed by atoms with E-state index >= 15 is 0 Å². The van der Waals surface area contributed by atoms with Gasteiger partial charge < -0.3 is 14.9 Å². The molecular formula is C17H26N2O2. The maximum absolute atomic E-state index is 11.5. The van der Waals surface area contributed by atoms with Crippen LogP contribution in [0.2, 0.25) is 0 Å². The van der Waals surface area contributed by atoms with Crippen LogP contribution < -0.4 is 0 Å². The highest BCUT2D eigenvalue weighted by molar-refractivity contribution is 5.94. The molecule has 0 aromatic heterocycles. The van der Waals surface area contributed by atoms with E-state index in [-0.39, 0.29) is 17.1 Å². The zero-order valence-electron chi connectivity index (χ0n) is 13.5. The molecule has 0 aliphatic heterocycles. The van der Waals surface area contributed by atoms with Gasteiger partial charge in [0.15, 0.2) is 5.78 Å². The average Bonchev–Trinajstić information content (AvgIpc) is 2.35. The van der Waals surface area contributed by atoms with Crippen LogP contribution in [0.5, 0.6) is 5.75 Å². The summed E-state index contributed by atoms with van der Waals surface area (Å²) in [5.41, 5.74) is 1.74. The van der Waals surface area contributed by atoms with Crippen LogP contribution in [0.15, 0.2) is 18.2 Å². The molecule has 4 nitrogen and oxygen atoms in total. The monoisotopic (exact) mass is 290 g/mol. The predicted molar refractivity (Wildman–Crippen MR) is 84.7 cm³/mol. The van der Waals surface area contributed by atoms with Crippen LogP contribution in [0.3, 0.4) is 0 Å². The van der Waals surface area contributed by atoms with Crippen molar-refractivity contribution in [2.24, 2.45) is 0 Å². The van der Waals surface area contributed by atoms with Crippen molar-refractivity contribution < 1.29 is 9.90 Å². The van der Waals surface area contributed by atoms with Crippen molar-refractivity contribution >= 4 is 5.78 Å². The predicted octanol–water partition coefficient (Wildman–Crippen LogP) is 2.51. The molecule has 0 bridgehead atoms. The second-order valence-corrected chi connectivity index (χ2v) is 6.54. The molecule has 0 heterocycles. The van der Waals surface area contributed by atoms with E-state index in [0.717, 1.165) is 12.1 Å². The van der Waals surface area contributed by atoms with Gasteiger partial charge in [-0.1, -0.05) is 0 Å². The molecule has 0 unspecified atom stereocenters. The summed E-state index contributed by atoms with van der Waals surface area (Å²) >= 11 is 0. The zero-order chi connectivity index (χ0) is 15.6. The Labute approximate surface area is 127 Å². The largest absolute Gasteiger partial charge is 0.508 e. The molecule has 4 heteroatoms. The maximum Gasteiger partial charge on any atom is 0.159 e. The Bertz CT molecular complexity index is 522. The third-order valence-electron chi connectivity index (χ3n) is 4.72. The van der Waals surface area contributed by atoms with Crippen molar-refractivity contribution in [3.63, 3.8) is 0 Å². The van der Waals surface area contributed by atoms with Crippen molar-refractivity contribution in [3.05, 3.63) is 29.3 Å². The Morgan fingerprint density at radius 2 is 1.95 bits per heavy atom. The van der Waals surface area contributed by atoms with Gasteiger partial charge in [-0.15, -0.1) is 0 Å². The van der Waals surface area contributed by atoms with Gasteiger partial charge in [-0.3, -0.25) is 4.79 Å². The van der Waals surface area contributed by atoms with Crippen LogP contribution in [0.4, 0.5) is 0 Å². The van der Waals surface area contributed by atoms with Gasteiger partial charge >= 0.3 is 0 Å². The van der Waals surface area contributed by atoms with Crippen LogP contribution >= 0.6 is 0 Å². The quantitative estimate of drug-likeness (QED) is 0.818. The fraction of sp³-hybridized carbons (Fsp3) is 0.588. The third kappa shape index (κ3) is 3.44. The number of phenolic OH excluding ortho intramolecular Hbond substituents is 1. The normalized spacial score (nSPS) is 17.0. The molecule has 1 aliphatic rings. The lowest BCUT2D eigenvalue weighted by Crippen LogP contribution is -2.56. The topological polar surface area (TPSA) is 43.8 Å². The van der Waals surface area contributed by atoms with Crippen LogP contribution in [0.25, 0.3) is 0 Å². The first-order chi connectivity index (χ1) is 9.84. The highest BCUT2D eigenvalue weighted by atomic mass is 16.3. The van der Waals surface area contributed by atoms with Crippen molar-refractivity contribution in [3.8, 4) is 5.75 Å². The standard InChI is InChI=1S/C17H26N2O2/c1-13(20)14-6-7-16(21)15(10-14)11-19(4)12-17(18(2)3)8-5-9-17/h6-7,10,21H,5,8-9,11-12H2,1-4H3. The third-order valence-corrected chi connectivity index (χ3v) is 4.72. The molecule has 0 spiro atoms. The SMILES string of the molecule is CC(=O)c1ccc(O)c(CN(C)CC2(N(C)C)CCC2)c1. The lowest BCUT2D eigenvalue weighted by Gasteiger charge is -2.49. The van der Waals surface area contributed by atoms with Crippen molar-refractivity contribution in [2.75, 3.05) is 27.7 Å². The molecule has 1 N–H and O–H groups in total. The smallest absolute Gasteiger partial charge is 0.159 e. The summed E-state index contributed by atoms with van der Waals surface area (Å²) in [5.74, 6) is 0.294. The Kier molecular flexibility index (Phi) is 4.69. The zero-order valence-corrected chi connectivity index (χ0v) is 13.5. The van der Waals surface area contributed by atoms with E-state index in [1.54, 1.807) is 25.1 Å². The highest BCUT2D eigenvalue weighted by Crippen LogP contribution is 2.37. The molecule has 0 amide bonds. The van der Waals surface area contributed by atoms with E-state index in [1.807, 2.05) is 0 Å². The van der Waals surface area contributed by atoms with Crippen LogP contribution in [-0.2, 0) is 6.54 Å². The molecule has 1 saturated carbocycles. The number of ketones is 1. The first-order valence-corrected chi connectivity index (χ1v) is 7.53. The first kappa shape index (κ1) is 16.0. The lowest BCUT2D eigenvalue weighted by molar-refractivity contribution is 0.0257. The number of rotatable bonds is 6. The number of aromatic hydroxyl groups is 1. The summed E-state index contributed by atoms with van der Waals surface area (Å²) < 4.78 is 0. The van der Waals surface area contributed by atoms with Crippen molar-refractivity contribution in [2.45, 2.75) is 38.3 Å². The van der Waals surface area contributed by atoms with Gasteiger partial charge in [-0.2, -0.15) is 0 Å². The lowest BCUT2D eigenvalue weighted by atomic mass is 9.75. The Morgan fingerprint density at radius 3 is 2.43 bits per heavy atom. The number of carbonyl (C=O) groups is 1. The minimum absolute atomic E-state index is 0.0302. The van der Waals surface area contributed by atoms with Crippen molar-refractivity contribution in [1.29, 1.82) is 0 Å². The van der Waals surface area contributed by atoms with E-state index in [9.17, 15) is 9.90 Å². The summed E-state index contributed by atoms with van der Waals surface area (Å²) in [4.78, 5) is 16.0. The van der Waals surface area contributed by atoms with Gasteiger partial charge in [0.05, 0.1) is 0 Å². The molecule has 116 valence electrons. The molecule has 21 heavy (non-hydrogen) atoms. The minimum Gasteiger partial charge on any atom is -0.508 e. The van der Waals surface area contributed by atoms with E-state index in [1.165, 1.54) is 19.3 Å². The summed E-state index contributed by atoms with van der Waals surface area (Å²) in [6.45, 7) is 3.18. The molecule has 1 aromatic rings. The Balaban J connectivity index is 2.07. The molecule has 1 aromatic carbocycles. The number of Topliss-reactive ketones (excluding diaryl/α,β-unsaturated/α-hetero) is 1. The average molecular weight is 290 g/mol. The molecule has 2 rings (SSSR count). The van der Waals surface area contributed by atoms with Gasteiger partial charge in [-0.25, -0.2) is 0 Å². The fourth-order valence-corrected chi connectivity index (χ4v) is 3.11. The maximum atomic E-state index is 11.5. The summed E-state index contributed by atoms with van der Waals surface area (Å²) in [7, 11) is 6.35. The molecule has 0 saturated heterocycles. The second kappa shape index (κ2) is 6.16. The number of likely N-dealkylation sites (N-methyl/N-ethyl adjacent to an activating group) is 2. The van der Waals surface area contributed by atoms with Crippen molar-refractivity contribution in [1.82, 2.24) is 9.80 Å². The summed E-state index contributed by atoms with van der Waals surface area (Å²) in [6, 6.07) is 5.09. The van der Waals surface area contributed by atoms with Crippen LogP contribution in [-0.4, -0.2) is 53.9 Å². The number of hydrogen-bond acceptors (Lipinski definition) is 4. The second-order valence-electron chi connectivity index (χ2n) is 6.54. The van der Waals surface area contributed by atoms with E-state index in [0.29, 0.717) is 12.1 Å². The number of hydrogen-bond donors (Lipinski definition) is 1. The van der Waals surface area contributed by atoms with E-state index < -0.39 is 0 Å². The van der Waals surface area contributed by atoms with Crippen LogP contribution in [0.1, 0.15) is 42.1 Å². The highest BCUT2D eigenvalue weighted by Gasteiger charge is 2.39. The fourth-order valence-electron chi connectivity index (χ4n) is 3.11.